The van der Waals surface area contributed by atoms with Gasteiger partial charge in [0, 0.05) is 19.5 Å². The van der Waals surface area contributed by atoms with E-state index in [4.69, 9.17) is 23.2 Å². The van der Waals surface area contributed by atoms with Crippen molar-refractivity contribution in [2.24, 2.45) is 5.92 Å². The minimum atomic E-state index is -4.04. The molecule has 0 aliphatic carbocycles. The van der Waals surface area contributed by atoms with Crippen LogP contribution < -0.4 is 5.32 Å². The first kappa shape index (κ1) is 28.1. The van der Waals surface area contributed by atoms with Gasteiger partial charge in [-0.3, -0.25) is 4.79 Å². The largest absolute Gasteiger partial charge is 0.480 e. The Morgan fingerprint density at radius 1 is 1.00 bits per heavy atom. The van der Waals surface area contributed by atoms with Gasteiger partial charge in [-0.2, -0.15) is 4.31 Å². The summed E-state index contributed by atoms with van der Waals surface area (Å²) in [5.41, 5.74) is 3.98. The fourth-order valence-electron chi connectivity index (χ4n) is 4.54. The zero-order chi connectivity index (χ0) is 27.4. The van der Waals surface area contributed by atoms with Crippen molar-refractivity contribution in [2.75, 3.05) is 13.1 Å². The smallest absolute Gasteiger partial charge is 0.326 e. The van der Waals surface area contributed by atoms with Crippen molar-refractivity contribution in [2.45, 2.75) is 37.1 Å². The topological polar surface area (TPSA) is 104 Å². The minimum Gasteiger partial charge on any atom is -0.480 e. The number of aliphatic carboxylic acids is 1. The normalized spacial score (nSPS) is 17.1. The Hall–Kier alpha value is -2.91. The Balaban J connectivity index is 1.43. The summed E-state index contributed by atoms with van der Waals surface area (Å²) in [5.74, 6) is -2.37. The van der Waals surface area contributed by atoms with E-state index in [-0.39, 0.29) is 34.5 Å². The average molecular weight is 576 g/mol. The first-order chi connectivity index (χ1) is 18.1. The summed E-state index contributed by atoms with van der Waals surface area (Å²) in [6.07, 6.45) is 0.975. The quantitative estimate of drug-likeness (QED) is 0.385. The molecule has 1 fully saturated rings. The van der Waals surface area contributed by atoms with Crippen molar-refractivity contribution in [3.8, 4) is 11.1 Å². The number of nitrogens with one attached hydrogen (secondary N) is 1. The van der Waals surface area contributed by atoms with Crippen LogP contribution in [0.2, 0.25) is 10.0 Å². The molecule has 1 aliphatic rings. The van der Waals surface area contributed by atoms with Gasteiger partial charge in [0.05, 0.1) is 16.0 Å². The molecule has 38 heavy (non-hydrogen) atoms. The van der Waals surface area contributed by atoms with Crippen LogP contribution in [0, 0.1) is 12.8 Å². The van der Waals surface area contributed by atoms with Crippen LogP contribution in [0.5, 0.6) is 0 Å². The molecule has 0 saturated carbocycles. The number of amides is 1. The molecule has 10 heteroatoms. The molecule has 1 unspecified atom stereocenters. The van der Waals surface area contributed by atoms with Gasteiger partial charge in [0.1, 0.15) is 10.9 Å². The summed E-state index contributed by atoms with van der Waals surface area (Å²) in [6, 6.07) is 18.9. The van der Waals surface area contributed by atoms with E-state index in [0.29, 0.717) is 12.8 Å². The van der Waals surface area contributed by atoms with Crippen LogP contribution in [-0.4, -0.2) is 48.8 Å². The molecule has 1 saturated heterocycles. The number of nitrogens with zero attached hydrogens (tertiary/aromatic N) is 1. The number of carboxylic acids is 1. The monoisotopic (exact) mass is 574 g/mol. The first-order valence-corrected chi connectivity index (χ1v) is 14.4. The van der Waals surface area contributed by atoms with Gasteiger partial charge < -0.3 is 10.4 Å². The second-order valence-electron chi connectivity index (χ2n) is 9.42. The number of carboxylic acid groups (broad SMARTS) is 1. The number of hydrogen-bond acceptors (Lipinski definition) is 4. The van der Waals surface area contributed by atoms with Gasteiger partial charge in [0.25, 0.3) is 0 Å². The molecule has 1 aliphatic heterocycles. The van der Waals surface area contributed by atoms with Gasteiger partial charge in [-0.05, 0) is 48.6 Å². The van der Waals surface area contributed by atoms with E-state index in [1.165, 1.54) is 16.4 Å². The molecule has 0 bridgehead atoms. The number of carbonyl (C=O) groups is 2. The molecule has 3 aromatic rings. The third kappa shape index (κ3) is 6.38. The lowest BCUT2D eigenvalue weighted by atomic mass is 9.97. The SMILES string of the molecule is Cc1ccc(-c2ccc(C[C@H](NC(=O)C3CCCN(S(=O)(=O)c4c(Cl)cccc4Cl)C3)C(=O)O)cc2)cc1. The lowest BCUT2D eigenvalue weighted by molar-refractivity contribution is -0.142. The maximum Gasteiger partial charge on any atom is 0.326 e. The van der Waals surface area contributed by atoms with Gasteiger partial charge in [-0.25, -0.2) is 13.2 Å². The second-order valence-corrected chi connectivity index (χ2v) is 12.1. The van der Waals surface area contributed by atoms with Crippen molar-refractivity contribution in [3.05, 3.63) is 87.9 Å². The molecular weight excluding hydrogens is 547 g/mol. The number of hydrogen-bond donors (Lipinski definition) is 2. The molecule has 2 atom stereocenters. The third-order valence-corrected chi connectivity index (χ3v) is 9.49. The third-order valence-electron chi connectivity index (χ3n) is 6.66. The molecule has 3 aromatic carbocycles. The van der Waals surface area contributed by atoms with Crippen LogP contribution in [-0.2, 0) is 26.0 Å². The number of benzene rings is 3. The molecular formula is C28H28Cl2N2O5S. The van der Waals surface area contributed by atoms with E-state index in [1.54, 1.807) is 6.07 Å². The lowest BCUT2D eigenvalue weighted by Crippen LogP contribution is -2.50. The summed E-state index contributed by atoms with van der Waals surface area (Å²) >= 11 is 12.3. The van der Waals surface area contributed by atoms with Crippen LogP contribution >= 0.6 is 23.2 Å². The molecule has 200 valence electrons. The van der Waals surface area contributed by atoms with Gasteiger partial charge in [0.15, 0.2) is 0 Å². The number of rotatable bonds is 8. The van der Waals surface area contributed by atoms with E-state index in [0.717, 1.165) is 22.3 Å². The zero-order valence-corrected chi connectivity index (χ0v) is 23.1. The Kier molecular flexibility index (Phi) is 8.78. The predicted molar refractivity (Wildman–Crippen MR) is 148 cm³/mol. The van der Waals surface area contributed by atoms with E-state index >= 15 is 0 Å². The summed E-state index contributed by atoms with van der Waals surface area (Å²) in [7, 11) is -4.04. The van der Waals surface area contributed by atoms with E-state index in [1.807, 2.05) is 55.5 Å². The molecule has 7 nitrogen and oxygen atoms in total. The maximum atomic E-state index is 13.2. The maximum absolute atomic E-state index is 13.2. The van der Waals surface area contributed by atoms with Gasteiger partial charge in [0.2, 0.25) is 15.9 Å². The van der Waals surface area contributed by atoms with Crippen molar-refractivity contribution in [1.82, 2.24) is 9.62 Å². The Labute approximate surface area is 232 Å². The highest BCUT2D eigenvalue weighted by Crippen LogP contribution is 2.33. The zero-order valence-electron chi connectivity index (χ0n) is 20.7. The Bertz CT molecular complexity index is 1410. The standard InChI is InChI=1S/C28H28Cl2N2O5S/c1-18-7-11-20(12-8-18)21-13-9-19(10-14-21)16-25(28(34)35)31-27(33)22-4-3-15-32(17-22)38(36,37)26-23(29)5-2-6-24(26)30/h2,5-14,22,25H,3-4,15-17H2,1H3,(H,31,33)(H,34,35)/t22?,25-/m0/s1. The summed E-state index contributed by atoms with van der Waals surface area (Å²) < 4.78 is 27.7. The lowest BCUT2D eigenvalue weighted by Gasteiger charge is -2.32. The molecule has 2 N–H and O–H groups in total. The predicted octanol–water partition coefficient (Wildman–Crippen LogP) is 5.18. The van der Waals surface area contributed by atoms with Crippen molar-refractivity contribution >= 4 is 45.1 Å². The van der Waals surface area contributed by atoms with Crippen molar-refractivity contribution in [1.29, 1.82) is 0 Å². The minimum absolute atomic E-state index is 0.00316. The van der Waals surface area contributed by atoms with Crippen LogP contribution in [0.25, 0.3) is 11.1 Å². The van der Waals surface area contributed by atoms with Crippen LogP contribution in [0.1, 0.15) is 24.0 Å². The molecule has 4 rings (SSSR count). The van der Waals surface area contributed by atoms with E-state index in [9.17, 15) is 23.1 Å². The van der Waals surface area contributed by atoms with E-state index in [2.05, 4.69) is 5.32 Å². The van der Waals surface area contributed by atoms with Crippen molar-refractivity contribution in [3.63, 3.8) is 0 Å². The van der Waals surface area contributed by atoms with Gasteiger partial charge in [-0.15, -0.1) is 0 Å². The van der Waals surface area contributed by atoms with Crippen LogP contribution in [0.3, 0.4) is 0 Å². The highest BCUT2D eigenvalue weighted by molar-refractivity contribution is 7.89. The van der Waals surface area contributed by atoms with Crippen LogP contribution in [0.15, 0.2) is 71.6 Å². The summed E-state index contributed by atoms with van der Waals surface area (Å²) in [6.45, 7) is 2.14. The van der Waals surface area contributed by atoms with Gasteiger partial charge >= 0.3 is 5.97 Å². The number of aryl methyl sites for hydroxylation is 1. The molecule has 0 radical (unpaired) electrons. The first-order valence-electron chi connectivity index (χ1n) is 12.2. The Morgan fingerprint density at radius 3 is 2.16 bits per heavy atom. The highest BCUT2D eigenvalue weighted by Gasteiger charge is 2.36. The highest BCUT2D eigenvalue weighted by atomic mass is 35.5. The second kappa shape index (κ2) is 11.9. The number of piperidine rings is 1. The number of carbonyl (C=O) groups excluding carboxylic acids is 1. The molecule has 0 spiro atoms. The molecule has 0 aromatic heterocycles. The van der Waals surface area contributed by atoms with Crippen LogP contribution in [0.4, 0.5) is 0 Å². The number of halogens is 2. The number of sulfonamides is 1. The fraction of sp³-hybridized carbons (Fsp3) is 0.286. The van der Waals surface area contributed by atoms with Gasteiger partial charge in [-0.1, -0.05) is 83.4 Å². The fourth-order valence-corrected chi connectivity index (χ4v) is 7.15. The van der Waals surface area contributed by atoms with Crippen molar-refractivity contribution < 1.29 is 23.1 Å². The molecule has 1 heterocycles. The van der Waals surface area contributed by atoms with E-state index < -0.39 is 33.9 Å². The molecule has 1 amide bonds. The summed E-state index contributed by atoms with van der Waals surface area (Å²) in [4.78, 5) is 24.8. The summed E-state index contributed by atoms with van der Waals surface area (Å²) in [5, 5.41) is 12.4. The Morgan fingerprint density at radius 2 is 1.58 bits per heavy atom. The average Bonchev–Trinajstić information content (AvgIpc) is 2.89.